The van der Waals surface area contributed by atoms with Crippen LogP contribution in [0.15, 0.2) is 0 Å². The molecule has 7 aliphatic rings. The molecule has 36 heavy (non-hydrogen) atoms. The summed E-state index contributed by atoms with van der Waals surface area (Å²) in [7, 11) is 0. The van der Waals surface area contributed by atoms with Crippen molar-refractivity contribution in [2.75, 3.05) is 13.2 Å². The Morgan fingerprint density at radius 1 is 0.861 bits per heavy atom. The number of epoxide rings is 1. The van der Waals surface area contributed by atoms with Gasteiger partial charge < -0.3 is 28.8 Å². The molecule has 7 fully saturated rings. The summed E-state index contributed by atoms with van der Waals surface area (Å²) in [4.78, 5) is 0. The van der Waals surface area contributed by atoms with Crippen LogP contribution >= 0.6 is 0 Å². The molecular formula is C30H48O6. The van der Waals surface area contributed by atoms with Crippen LogP contribution in [0.3, 0.4) is 0 Å². The van der Waals surface area contributed by atoms with E-state index in [-0.39, 0.29) is 47.3 Å². The van der Waals surface area contributed by atoms with Crippen molar-refractivity contribution in [1.29, 1.82) is 0 Å². The standard InChI is InChI=1S/C30H48O6/c1-16(25(31)26-17(2)34-26)19-7-8-20-18-14-30(32-11-12-33-30)24-13-22-23(36-27(3,4)35-22)15-29(24,6)21(18)9-10-28(19,20)5/h16-26,31H,7-15H2,1-6H3/t16-,17+,18-,19+,20-,21-,22-,23+,24-,25+,26-,28+,29+/m0/s1. The van der Waals surface area contributed by atoms with Gasteiger partial charge in [0, 0.05) is 12.3 Å². The molecule has 204 valence electrons. The van der Waals surface area contributed by atoms with Crippen molar-refractivity contribution in [2.45, 2.75) is 129 Å². The highest BCUT2D eigenvalue weighted by Crippen LogP contribution is 2.71. The van der Waals surface area contributed by atoms with Gasteiger partial charge in [-0.2, -0.15) is 0 Å². The minimum Gasteiger partial charge on any atom is -0.390 e. The molecule has 0 aromatic heterocycles. The lowest BCUT2D eigenvalue weighted by atomic mass is 9.42. The molecule has 4 saturated carbocycles. The van der Waals surface area contributed by atoms with Gasteiger partial charge in [-0.05, 0) is 99.7 Å². The fraction of sp³-hybridized carbons (Fsp3) is 1.00. The van der Waals surface area contributed by atoms with Crippen molar-refractivity contribution in [2.24, 2.45) is 46.3 Å². The highest BCUT2D eigenvalue weighted by Gasteiger charge is 2.70. The second-order valence-corrected chi connectivity index (χ2v) is 14.7. The maximum absolute atomic E-state index is 11.1. The van der Waals surface area contributed by atoms with E-state index in [1.165, 1.54) is 25.7 Å². The number of hydrogen-bond acceptors (Lipinski definition) is 6. The van der Waals surface area contributed by atoms with Gasteiger partial charge in [0.25, 0.3) is 0 Å². The van der Waals surface area contributed by atoms with Gasteiger partial charge in [-0.3, -0.25) is 0 Å². The normalized spacial score (nSPS) is 55.9. The van der Waals surface area contributed by atoms with Gasteiger partial charge in [-0.1, -0.05) is 20.8 Å². The van der Waals surface area contributed by atoms with Crippen LogP contribution in [0, 0.1) is 46.3 Å². The summed E-state index contributed by atoms with van der Waals surface area (Å²) in [6.07, 6.45) is 8.22. The Balaban J connectivity index is 1.20. The highest BCUT2D eigenvalue weighted by molar-refractivity contribution is 5.16. The van der Waals surface area contributed by atoms with Crippen LogP contribution in [-0.4, -0.2) is 60.4 Å². The molecule has 0 unspecified atom stereocenters. The summed E-state index contributed by atoms with van der Waals surface area (Å²) in [6, 6.07) is 0. The van der Waals surface area contributed by atoms with Gasteiger partial charge >= 0.3 is 0 Å². The molecule has 6 heteroatoms. The maximum atomic E-state index is 11.1. The van der Waals surface area contributed by atoms with E-state index < -0.39 is 11.6 Å². The van der Waals surface area contributed by atoms with E-state index in [0.29, 0.717) is 42.8 Å². The van der Waals surface area contributed by atoms with Crippen molar-refractivity contribution in [3.05, 3.63) is 0 Å². The topological polar surface area (TPSA) is 69.7 Å². The van der Waals surface area contributed by atoms with E-state index in [4.69, 9.17) is 23.7 Å². The Hall–Kier alpha value is -0.240. The second-order valence-electron chi connectivity index (χ2n) is 14.7. The number of aliphatic hydroxyl groups is 1. The monoisotopic (exact) mass is 504 g/mol. The largest absolute Gasteiger partial charge is 0.390 e. The first-order chi connectivity index (χ1) is 17.0. The summed E-state index contributed by atoms with van der Waals surface area (Å²) >= 11 is 0. The van der Waals surface area contributed by atoms with Gasteiger partial charge in [0.05, 0.1) is 37.6 Å². The van der Waals surface area contributed by atoms with E-state index in [0.717, 1.165) is 19.3 Å². The summed E-state index contributed by atoms with van der Waals surface area (Å²) < 4.78 is 31.8. The van der Waals surface area contributed by atoms with E-state index in [1.807, 2.05) is 0 Å². The maximum Gasteiger partial charge on any atom is 0.172 e. The molecule has 3 saturated heterocycles. The zero-order valence-electron chi connectivity index (χ0n) is 23.2. The summed E-state index contributed by atoms with van der Waals surface area (Å²) in [6.45, 7) is 15.0. The van der Waals surface area contributed by atoms with Crippen molar-refractivity contribution in [3.8, 4) is 0 Å². The predicted molar refractivity (Wildman–Crippen MR) is 134 cm³/mol. The van der Waals surface area contributed by atoms with Crippen molar-refractivity contribution >= 4 is 0 Å². The first kappa shape index (κ1) is 24.8. The quantitative estimate of drug-likeness (QED) is 0.551. The van der Waals surface area contributed by atoms with Crippen LogP contribution < -0.4 is 0 Å². The Labute approximate surface area is 217 Å². The highest BCUT2D eigenvalue weighted by atomic mass is 16.8. The molecule has 0 bridgehead atoms. The lowest BCUT2D eigenvalue weighted by Gasteiger charge is -2.65. The van der Waals surface area contributed by atoms with E-state index in [1.54, 1.807) is 0 Å². The molecule has 6 nitrogen and oxygen atoms in total. The number of ether oxygens (including phenoxy) is 5. The SMILES string of the molecule is C[C@H]([C@@H](O)[C@H]1O[C@@H]1C)[C@H]1CC[C@H]2[C@@H]3CC4(OCCO4)[C@H]4C[C@@H]5OC(C)(C)O[C@@H]5C[C@]4(C)[C@H]3CC[C@]12C. The van der Waals surface area contributed by atoms with Crippen LogP contribution in [0.4, 0.5) is 0 Å². The zero-order chi connectivity index (χ0) is 25.3. The smallest absolute Gasteiger partial charge is 0.172 e. The zero-order valence-corrected chi connectivity index (χ0v) is 23.2. The Kier molecular flexibility index (Phi) is 5.45. The number of hydrogen-bond donors (Lipinski definition) is 1. The molecule has 0 amide bonds. The fourth-order valence-electron chi connectivity index (χ4n) is 11.1. The van der Waals surface area contributed by atoms with Crippen LogP contribution in [0.25, 0.3) is 0 Å². The summed E-state index contributed by atoms with van der Waals surface area (Å²) in [5, 5.41) is 11.1. The molecule has 4 aliphatic carbocycles. The summed E-state index contributed by atoms with van der Waals surface area (Å²) in [5.41, 5.74) is 0.384. The Morgan fingerprint density at radius 3 is 2.22 bits per heavy atom. The van der Waals surface area contributed by atoms with E-state index in [2.05, 4.69) is 41.5 Å². The molecule has 3 aliphatic heterocycles. The minimum atomic E-state index is -0.507. The molecular weight excluding hydrogens is 456 g/mol. The average molecular weight is 505 g/mol. The first-order valence-corrected chi connectivity index (χ1v) is 14.9. The van der Waals surface area contributed by atoms with Crippen molar-refractivity contribution < 1.29 is 28.8 Å². The molecule has 1 N–H and O–H groups in total. The lowest BCUT2D eigenvalue weighted by molar-refractivity contribution is -0.301. The molecule has 0 aromatic rings. The van der Waals surface area contributed by atoms with Crippen LogP contribution in [-0.2, 0) is 23.7 Å². The van der Waals surface area contributed by atoms with Crippen LogP contribution in [0.2, 0.25) is 0 Å². The molecule has 7 rings (SSSR count). The number of fused-ring (bicyclic) bond motifs is 7. The van der Waals surface area contributed by atoms with Crippen LogP contribution in [0.1, 0.15) is 86.5 Å². The third-order valence-corrected chi connectivity index (χ3v) is 12.6. The molecule has 3 heterocycles. The van der Waals surface area contributed by atoms with Crippen molar-refractivity contribution in [3.63, 3.8) is 0 Å². The van der Waals surface area contributed by atoms with Gasteiger partial charge in [0.2, 0.25) is 0 Å². The number of aliphatic hydroxyl groups excluding tert-OH is 1. The number of rotatable bonds is 3. The van der Waals surface area contributed by atoms with E-state index in [9.17, 15) is 5.11 Å². The van der Waals surface area contributed by atoms with Gasteiger partial charge in [0.1, 0.15) is 6.10 Å². The third kappa shape index (κ3) is 3.37. The summed E-state index contributed by atoms with van der Waals surface area (Å²) in [5.74, 6) is 2.10. The molecule has 1 spiro atoms. The van der Waals surface area contributed by atoms with Gasteiger partial charge in [-0.25, -0.2) is 0 Å². The van der Waals surface area contributed by atoms with Crippen LogP contribution in [0.5, 0.6) is 0 Å². The second kappa shape index (κ2) is 7.91. The molecule has 0 radical (unpaired) electrons. The Morgan fingerprint density at radius 2 is 1.53 bits per heavy atom. The van der Waals surface area contributed by atoms with Gasteiger partial charge in [0.15, 0.2) is 11.6 Å². The van der Waals surface area contributed by atoms with Gasteiger partial charge in [-0.15, -0.1) is 0 Å². The van der Waals surface area contributed by atoms with Crippen molar-refractivity contribution in [1.82, 2.24) is 0 Å². The van der Waals surface area contributed by atoms with E-state index >= 15 is 0 Å². The third-order valence-electron chi connectivity index (χ3n) is 12.6. The molecule has 13 atom stereocenters. The molecule has 0 aromatic carbocycles. The Bertz CT molecular complexity index is 885. The minimum absolute atomic E-state index is 0.0324. The fourth-order valence-corrected chi connectivity index (χ4v) is 11.1. The lowest BCUT2D eigenvalue weighted by Crippen LogP contribution is -2.65. The first-order valence-electron chi connectivity index (χ1n) is 14.9. The average Bonchev–Trinajstić information content (AvgIpc) is 3.10. The predicted octanol–water partition coefficient (Wildman–Crippen LogP) is 4.91.